The maximum Gasteiger partial charge on any atom is 0.185 e. The second-order valence-electron chi connectivity index (χ2n) is 4.12. The van der Waals surface area contributed by atoms with Gasteiger partial charge in [0.25, 0.3) is 0 Å². The summed E-state index contributed by atoms with van der Waals surface area (Å²) in [7, 11) is 1.51. The van der Waals surface area contributed by atoms with Crippen LogP contribution in [-0.4, -0.2) is 23.4 Å². The van der Waals surface area contributed by atoms with Crippen molar-refractivity contribution in [2.75, 3.05) is 7.11 Å². The first-order valence-electron chi connectivity index (χ1n) is 5.27. The summed E-state index contributed by atoms with van der Waals surface area (Å²) in [5, 5.41) is 19.6. The van der Waals surface area contributed by atoms with E-state index in [-0.39, 0.29) is 11.9 Å². The molecule has 0 saturated carbocycles. The van der Waals surface area contributed by atoms with E-state index in [1.165, 1.54) is 13.2 Å². The van der Waals surface area contributed by atoms with Gasteiger partial charge in [-0.05, 0) is 31.4 Å². The monoisotopic (exact) mass is 224 g/mol. The molecule has 0 saturated heterocycles. The molecule has 88 valence electrons. The number of rotatable bonds is 1. The molecular weight excluding hydrogens is 208 g/mol. The van der Waals surface area contributed by atoms with Gasteiger partial charge in [-0.15, -0.1) is 0 Å². The van der Waals surface area contributed by atoms with Gasteiger partial charge in [0.1, 0.15) is 11.5 Å². The molecule has 0 bridgehead atoms. The lowest BCUT2D eigenvalue weighted by atomic mass is 9.92. The quantitative estimate of drug-likeness (QED) is 0.761. The molecule has 0 amide bonds. The molecule has 4 heteroatoms. The van der Waals surface area contributed by atoms with Crippen molar-refractivity contribution in [3.05, 3.63) is 22.8 Å². The number of aromatic hydroxyl groups is 1. The molecule has 0 spiro atoms. The molecule has 2 unspecified atom stereocenters. The zero-order chi connectivity index (χ0) is 11.9. The van der Waals surface area contributed by atoms with Gasteiger partial charge in [-0.3, -0.25) is 0 Å². The maximum atomic E-state index is 9.88. The molecule has 2 N–H and O–H groups in total. The van der Waals surface area contributed by atoms with Crippen LogP contribution in [0.1, 0.15) is 29.9 Å². The first-order chi connectivity index (χ1) is 7.54. The summed E-state index contributed by atoms with van der Waals surface area (Å²) in [6.07, 6.45) is -0.371. The Morgan fingerprint density at radius 1 is 1.50 bits per heavy atom. The molecule has 4 nitrogen and oxygen atoms in total. The molecular formula is C12H16O4. The van der Waals surface area contributed by atoms with E-state index in [1.54, 1.807) is 0 Å². The smallest absolute Gasteiger partial charge is 0.185 e. The normalized spacial score (nSPS) is 24.0. The van der Waals surface area contributed by atoms with E-state index < -0.39 is 6.29 Å². The number of hydrogen-bond donors (Lipinski definition) is 2. The lowest BCUT2D eigenvalue weighted by molar-refractivity contribution is -0.144. The van der Waals surface area contributed by atoms with Crippen molar-refractivity contribution in [2.45, 2.75) is 32.7 Å². The Balaban J connectivity index is 2.63. The number of phenolic OH excluding ortho intramolecular Hbond substituents is 1. The summed E-state index contributed by atoms with van der Waals surface area (Å²) in [6, 6.07) is 1.51. The van der Waals surface area contributed by atoms with Crippen LogP contribution in [0.2, 0.25) is 0 Å². The van der Waals surface area contributed by atoms with Crippen LogP contribution in [0.3, 0.4) is 0 Å². The Hall–Kier alpha value is -1.26. The molecule has 0 fully saturated rings. The Morgan fingerprint density at radius 3 is 2.81 bits per heavy atom. The second-order valence-corrected chi connectivity index (χ2v) is 4.12. The summed E-state index contributed by atoms with van der Waals surface area (Å²) in [5.41, 5.74) is 2.34. The van der Waals surface area contributed by atoms with Gasteiger partial charge in [0.05, 0.1) is 18.8 Å². The highest BCUT2D eigenvalue weighted by molar-refractivity contribution is 5.53. The number of benzene rings is 1. The fourth-order valence-corrected chi connectivity index (χ4v) is 2.14. The summed E-state index contributed by atoms with van der Waals surface area (Å²) in [4.78, 5) is 0. The summed E-state index contributed by atoms with van der Waals surface area (Å²) in [6.45, 7) is 3.72. The third kappa shape index (κ3) is 1.64. The molecule has 2 atom stereocenters. The lowest BCUT2D eigenvalue weighted by Gasteiger charge is -2.30. The van der Waals surface area contributed by atoms with Gasteiger partial charge < -0.3 is 19.7 Å². The van der Waals surface area contributed by atoms with E-state index in [2.05, 4.69) is 0 Å². The fourth-order valence-electron chi connectivity index (χ4n) is 2.14. The summed E-state index contributed by atoms with van der Waals surface area (Å²) < 4.78 is 10.5. The highest BCUT2D eigenvalue weighted by atomic mass is 16.6. The van der Waals surface area contributed by atoms with Crippen LogP contribution in [0.4, 0.5) is 0 Å². The molecule has 0 aliphatic carbocycles. The molecule has 0 radical (unpaired) electrons. The SMILES string of the molecule is COc1cc(O)c(C)c2c1C(O)OC(C)C2. The first kappa shape index (κ1) is 11.2. The number of aliphatic hydroxyl groups is 1. The minimum atomic E-state index is -0.979. The van der Waals surface area contributed by atoms with Crippen LogP contribution in [0.15, 0.2) is 6.07 Å². The number of fused-ring (bicyclic) bond motifs is 1. The van der Waals surface area contributed by atoms with Crippen molar-refractivity contribution < 1.29 is 19.7 Å². The van der Waals surface area contributed by atoms with E-state index in [1.807, 2.05) is 13.8 Å². The topological polar surface area (TPSA) is 58.9 Å². The fraction of sp³-hybridized carbons (Fsp3) is 0.500. The molecule has 1 aromatic rings. The van der Waals surface area contributed by atoms with Crippen molar-refractivity contribution in [3.63, 3.8) is 0 Å². The van der Waals surface area contributed by atoms with Gasteiger partial charge in [0.2, 0.25) is 0 Å². The molecule has 1 aliphatic heterocycles. The van der Waals surface area contributed by atoms with Crippen LogP contribution in [0.5, 0.6) is 11.5 Å². The standard InChI is InChI=1S/C12H16O4/c1-6-4-8-7(2)9(13)5-10(15-3)11(8)12(14)16-6/h5-6,12-14H,4H2,1-3H3. The van der Waals surface area contributed by atoms with Gasteiger partial charge in [-0.2, -0.15) is 0 Å². The van der Waals surface area contributed by atoms with Crippen LogP contribution in [-0.2, 0) is 11.2 Å². The minimum absolute atomic E-state index is 0.0623. The first-order valence-corrected chi connectivity index (χ1v) is 5.27. The number of methoxy groups -OCH3 is 1. The van der Waals surface area contributed by atoms with Crippen molar-refractivity contribution >= 4 is 0 Å². The Labute approximate surface area is 94.4 Å². The summed E-state index contributed by atoms with van der Waals surface area (Å²) >= 11 is 0. The van der Waals surface area contributed by atoms with Gasteiger partial charge in [0.15, 0.2) is 6.29 Å². The molecule has 1 aliphatic rings. The highest BCUT2D eigenvalue weighted by Gasteiger charge is 2.29. The van der Waals surface area contributed by atoms with E-state index in [4.69, 9.17) is 9.47 Å². The predicted octanol–water partition coefficient (Wildman–Crippen LogP) is 1.66. The average molecular weight is 224 g/mol. The Bertz CT molecular complexity index is 414. The average Bonchev–Trinajstić information content (AvgIpc) is 2.23. The third-order valence-electron chi connectivity index (χ3n) is 3.01. The predicted molar refractivity (Wildman–Crippen MR) is 58.6 cm³/mol. The molecule has 1 heterocycles. The molecule has 16 heavy (non-hydrogen) atoms. The second kappa shape index (κ2) is 3.96. The highest BCUT2D eigenvalue weighted by Crippen LogP contribution is 2.40. The van der Waals surface area contributed by atoms with Crippen molar-refractivity contribution in [3.8, 4) is 11.5 Å². The number of ether oxygens (including phenoxy) is 2. The van der Waals surface area contributed by atoms with Gasteiger partial charge >= 0.3 is 0 Å². The van der Waals surface area contributed by atoms with Gasteiger partial charge in [-0.25, -0.2) is 0 Å². The van der Waals surface area contributed by atoms with Crippen LogP contribution in [0, 0.1) is 6.92 Å². The lowest BCUT2D eigenvalue weighted by Crippen LogP contribution is -2.25. The van der Waals surface area contributed by atoms with Gasteiger partial charge in [0, 0.05) is 6.07 Å². The van der Waals surface area contributed by atoms with Crippen molar-refractivity contribution in [1.82, 2.24) is 0 Å². The molecule has 2 rings (SSSR count). The number of hydrogen-bond acceptors (Lipinski definition) is 4. The van der Waals surface area contributed by atoms with Crippen LogP contribution in [0.25, 0.3) is 0 Å². The minimum Gasteiger partial charge on any atom is -0.508 e. The van der Waals surface area contributed by atoms with Crippen LogP contribution < -0.4 is 4.74 Å². The summed E-state index contributed by atoms with van der Waals surface area (Å²) in [5.74, 6) is 0.661. The van der Waals surface area contributed by atoms with Crippen molar-refractivity contribution in [1.29, 1.82) is 0 Å². The van der Waals surface area contributed by atoms with Gasteiger partial charge in [-0.1, -0.05) is 0 Å². The van der Waals surface area contributed by atoms with Crippen LogP contribution >= 0.6 is 0 Å². The Kier molecular flexibility index (Phi) is 2.78. The van der Waals surface area contributed by atoms with E-state index in [0.717, 1.165) is 11.1 Å². The van der Waals surface area contributed by atoms with Crippen molar-refractivity contribution in [2.24, 2.45) is 0 Å². The van der Waals surface area contributed by atoms with E-state index in [9.17, 15) is 10.2 Å². The third-order valence-corrected chi connectivity index (χ3v) is 3.01. The maximum absolute atomic E-state index is 9.88. The largest absolute Gasteiger partial charge is 0.508 e. The number of aliphatic hydroxyl groups excluding tert-OH is 1. The van der Waals surface area contributed by atoms with E-state index >= 15 is 0 Å². The Morgan fingerprint density at radius 2 is 2.19 bits per heavy atom. The molecule has 1 aromatic carbocycles. The zero-order valence-corrected chi connectivity index (χ0v) is 9.65. The molecule has 0 aromatic heterocycles. The van der Waals surface area contributed by atoms with E-state index in [0.29, 0.717) is 17.7 Å². The number of phenols is 1. The zero-order valence-electron chi connectivity index (χ0n) is 9.65.